The second kappa shape index (κ2) is 22.0. The number of hydrogen-bond donors (Lipinski definition) is 2. The number of nitriles is 1. The lowest BCUT2D eigenvalue weighted by Gasteiger charge is -2.60. The van der Waals surface area contributed by atoms with Crippen LogP contribution in [0.5, 0.6) is 23.0 Å². The smallest absolute Gasteiger partial charge is 0.254 e. The van der Waals surface area contributed by atoms with E-state index in [1.807, 2.05) is 36.4 Å². The predicted molar refractivity (Wildman–Crippen MR) is 254 cm³/mol. The molecular weight excluding hydrogens is 882 g/mol. The number of fused-ring (bicyclic) bond motifs is 3. The molecule has 362 valence electrons. The number of oxime groups is 1. The number of allylic oxidation sites excluding steroid dienone is 1. The predicted octanol–water partition coefficient (Wildman–Crippen LogP) is 9.51. The molecule has 69 heavy (non-hydrogen) atoms. The molecule has 2 aliphatic carbocycles. The Labute approximate surface area is 402 Å². The van der Waals surface area contributed by atoms with E-state index in [0.29, 0.717) is 71.3 Å². The molecular formula is C55H60FN3O10. The number of benzene rings is 4. The van der Waals surface area contributed by atoms with Gasteiger partial charge in [-0.2, -0.15) is 5.26 Å². The van der Waals surface area contributed by atoms with Crippen LogP contribution in [0, 0.1) is 34.9 Å². The summed E-state index contributed by atoms with van der Waals surface area (Å²) in [7, 11) is 0. The van der Waals surface area contributed by atoms with Crippen molar-refractivity contribution in [1.29, 1.82) is 5.26 Å². The average molecular weight is 942 g/mol. The Morgan fingerprint density at radius 3 is 2.52 bits per heavy atom. The number of carbonyl (C=O) groups is 1. The highest BCUT2D eigenvalue weighted by Gasteiger charge is 2.65. The van der Waals surface area contributed by atoms with Crippen molar-refractivity contribution in [2.75, 3.05) is 33.2 Å². The van der Waals surface area contributed by atoms with E-state index in [4.69, 9.17) is 38.4 Å². The molecule has 0 radical (unpaired) electrons. The molecule has 1 saturated heterocycles. The zero-order chi connectivity index (χ0) is 47.7. The molecule has 4 aromatic carbocycles. The van der Waals surface area contributed by atoms with Gasteiger partial charge in [-0.05, 0) is 122 Å². The summed E-state index contributed by atoms with van der Waals surface area (Å²) in [4.78, 5) is 23.7. The Hall–Kier alpha value is -6.24. The SMILES string of the molecule is C=CCOC12Oc3ccc(OCc4ccccc4F)cc3C3C(CCCCO)C(CCCCO)C=C(C(=NOC4CCCCO4)CC1N(Cc1ccc4c(c1)OCO4)C(=O)c1ccc(C#N)cc1)C32. The summed E-state index contributed by atoms with van der Waals surface area (Å²) in [6, 6.07) is 25.7. The van der Waals surface area contributed by atoms with Crippen molar-refractivity contribution in [2.45, 2.75) is 101 Å². The van der Waals surface area contributed by atoms with Crippen LogP contribution in [0.25, 0.3) is 0 Å². The van der Waals surface area contributed by atoms with Gasteiger partial charge in [-0.3, -0.25) is 4.79 Å². The van der Waals surface area contributed by atoms with Crippen molar-refractivity contribution in [1.82, 2.24) is 4.90 Å². The van der Waals surface area contributed by atoms with Crippen LogP contribution in [-0.4, -0.2) is 78.1 Å². The Morgan fingerprint density at radius 1 is 0.957 bits per heavy atom. The van der Waals surface area contributed by atoms with Gasteiger partial charge in [-0.15, -0.1) is 6.58 Å². The maximum atomic E-state index is 15.5. The molecule has 0 spiro atoms. The molecule has 9 rings (SSSR count). The Kier molecular flexibility index (Phi) is 15.3. The minimum atomic E-state index is -1.56. The van der Waals surface area contributed by atoms with Gasteiger partial charge in [-0.1, -0.05) is 54.4 Å². The maximum Gasteiger partial charge on any atom is 0.254 e. The fraction of sp³-hybridized carbons (Fsp3) is 0.436. The standard InChI is InChI=1S/C55H60FN3O10/c1-2-26-67-55-50(59(54(62)38-19-16-36(32-57)17-20-38)33-37-18-22-48-49(28-37)66-35-65-48)31-46(58-69-51-15-7-10-27-63-51)43-29-39(11-5-8-24-60)42(13-6-9-25-61)52(53(43)55)44-30-41(21-23-47(44)68-55)64-34-40-12-3-4-14-45(40)56/h2-4,12,14,16-23,28-30,39,42,50-53,60-61H,1,5-11,13,15,24-27,31,33-35H2. The van der Waals surface area contributed by atoms with Crippen LogP contribution in [0.15, 0.2) is 114 Å². The summed E-state index contributed by atoms with van der Waals surface area (Å²) >= 11 is 0. The highest BCUT2D eigenvalue weighted by molar-refractivity contribution is 6.03. The van der Waals surface area contributed by atoms with Crippen molar-refractivity contribution in [3.05, 3.63) is 143 Å². The van der Waals surface area contributed by atoms with E-state index in [9.17, 15) is 19.9 Å². The first-order valence-electron chi connectivity index (χ1n) is 24.3. The van der Waals surface area contributed by atoms with E-state index in [1.165, 1.54) is 6.07 Å². The van der Waals surface area contributed by atoms with Crippen LogP contribution < -0.4 is 18.9 Å². The van der Waals surface area contributed by atoms with Gasteiger partial charge >= 0.3 is 0 Å². The number of ether oxygens (including phenoxy) is 6. The number of amides is 1. The Balaban J connectivity index is 1.25. The normalized spacial score (nSPS) is 24.8. The highest BCUT2D eigenvalue weighted by Crippen LogP contribution is 2.62. The fourth-order valence-corrected chi connectivity index (χ4v) is 10.8. The van der Waals surface area contributed by atoms with Gasteiger partial charge in [-0.25, -0.2) is 4.39 Å². The monoisotopic (exact) mass is 941 g/mol. The van der Waals surface area contributed by atoms with E-state index in [2.05, 4.69) is 18.7 Å². The molecule has 14 heteroatoms. The molecule has 4 aromatic rings. The van der Waals surface area contributed by atoms with Crippen LogP contribution in [-0.2, 0) is 27.5 Å². The number of rotatable bonds is 20. The van der Waals surface area contributed by atoms with Gasteiger partial charge in [0.25, 0.3) is 5.91 Å². The fourth-order valence-electron chi connectivity index (χ4n) is 10.8. The third-order valence-corrected chi connectivity index (χ3v) is 14.1. The van der Waals surface area contributed by atoms with Gasteiger partial charge in [0.2, 0.25) is 18.9 Å². The lowest BCUT2D eigenvalue weighted by atomic mass is 9.55. The van der Waals surface area contributed by atoms with E-state index in [1.54, 1.807) is 53.4 Å². The van der Waals surface area contributed by atoms with Crippen molar-refractivity contribution in [3.63, 3.8) is 0 Å². The molecule has 0 aromatic heterocycles. The third-order valence-electron chi connectivity index (χ3n) is 14.1. The summed E-state index contributed by atoms with van der Waals surface area (Å²) in [5, 5.41) is 34.8. The topological polar surface area (TPSA) is 162 Å². The van der Waals surface area contributed by atoms with Crippen LogP contribution in [0.3, 0.4) is 0 Å². The number of hydrogen-bond acceptors (Lipinski definition) is 12. The Bertz CT molecular complexity index is 2550. The first kappa shape index (κ1) is 47.8. The summed E-state index contributed by atoms with van der Waals surface area (Å²) in [5.74, 6) is -0.969. The van der Waals surface area contributed by atoms with Crippen LogP contribution in [0.4, 0.5) is 4.39 Å². The number of aliphatic hydroxyl groups is 2. The molecule has 1 amide bonds. The van der Waals surface area contributed by atoms with Crippen LogP contribution in [0.2, 0.25) is 0 Å². The van der Waals surface area contributed by atoms with Crippen molar-refractivity contribution < 1.29 is 52.7 Å². The average Bonchev–Trinajstić information content (AvgIpc) is 3.86. The maximum absolute atomic E-state index is 15.5. The van der Waals surface area contributed by atoms with Crippen molar-refractivity contribution in [2.24, 2.45) is 22.9 Å². The van der Waals surface area contributed by atoms with Crippen LogP contribution in [0.1, 0.15) is 103 Å². The minimum Gasteiger partial charge on any atom is -0.489 e. The summed E-state index contributed by atoms with van der Waals surface area (Å²) in [6.07, 6.45) is 10.4. The molecule has 1 saturated carbocycles. The Morgan fingerprint density at radius 2 is 1.75 bits per heavy atom. The highest BCUT2D eigenvalue weighted by atomic mass is 19.1. The first-order chi connectivity index (χ1) is 33.8. The second-order valence-electron chi connectivity index (χ2n) is 18.4. The molecule has 7 atom stereocenters. The number of unbranched alkanes of at least 4 members (excludes halogenated alkanes) is 2. The first-order valence-corrected chi connectivity index (χ1v) is 24.3. The quantitative estimate of drug-likeness (QED) is 0.0493. The molecule has 5 aliphatic rings. The van der Waals surface area contributed by atoms with Crippen molar-refractivity contribution >= 4 is 11.6 Å². The largest absolute Gasteiger partial charge is 0.489 e. The van der Waals surface area contributed by atoms with E-state index in [-0.39, 0.29) is 75.7 Å². The summed E-state index contributed by atoms with van der Waals surface area (Å²) in [6.45, 7) is 5.00. The van der Waals surface area contributed by atoms with Gasteiger partial charge < -0.3 is 48.4 Å². The summed E-state index contributed by atoms with van der Waals surface area (Å²) < 4.78 is 53.5. The summed E-state index contributed by atoms with van der Waals surface area (Å²) in [5.41, 5.74) is 4.34. The number of nitrogens with zero attached hydrogens (tertiary/aromatic N) is 3. The molecule has 7 unspecified atom stereocenters. The van der Waals surface area contributed by atoms with Gasteiger partial charge in [0.1, 0.15) is 30.0 Å². The van der Waals surface area contributed by atoms with E-state index >= 15 is 4.79 Å². The molecule has 2 N–H and O–H groups in total. The lowest BCUT2D eigenvalue weighted by molar-refractivity contribution is -0.255. The zero-order valence-electron chi connectivity index (χ0n) is 38.8. The second-order valence-corrected chi connectivity index (χ2v) is 18.4. The molecule has 13 nitrogen and oxygen atoms in total. The number of aliphatic hydroxyl groups excluding tert-OH is 2. The van der Waals surface area contributed by atoms with Gasteiger partial charge in [0.15, 0.2) is 11.5 Å². The van der Waals surface area contributed by atoms with Crippen molar-refractivity contribution in [3.8, 4) is 29.1 Å². The van der Waals surface area contributed by atoms with Gasteiger partial charge in [0.05, 0.1) is 36.5 Å². The van der Waals surface area contributed by atoms with E-state index in [0.717, 1.165) is 55.2 Å². The minimum absolute atomic E-state index is 0.00441. The lowest BCUT2D eigenvalue weighted by Crippen LogP contribution is -2.70. The number of halogens is 1. The zero-order valence-corrected chi connectivity index (χ0v) is 38.8. The van der Waals surface area contributed by atoms with E-state index < -0.39 is 24.0 Å². The van der Waals surface area contributed by atoms with Crippen LogP contribution >= 0.6 is 0 Å². The molecule has 3 aliphatic heterocycles. The number of carbonyl (C=O) groups excluding carboxylic acids is 1. The van der Waals surface area contributed by atoms with Gasteiger partial charge in [0, 0.05) is 55.2 Å². The molecule has 3 heterocycles. The molecule has 0 bridgehead atoms. The molecule has 2 fully saturated rings. The third kappa shape index (κ3) is 10.2.